The van der Waals surface area contributed by atoms with Crippen molar-refractivity contribution in [2.75, 3.05) is 18.6 Å². The largest absolute Gasteiger partial charge is 0.480 e. The number of amides is 3. The molecule has 5 unspecified atom stereocenters. The summed E-state index contributed by atoms with van der Waals surface area (Å²) < 4.78 is 0. The number of hydrogen-bond donors (Lipinski definition) is 6. The van der Waals surface area contributed by atoms with Crippen LogP contribution < -0.4 is 21.7 Å². The van der Waals surface area contributed by atoms with Crippen LogP contribution in [0.4, 0.5) is 0 Å². The lowest BCUT2D eigenvalue weighted by atomic mass is 9.99. The molecule has 10 nitrogen and oxygen atoms in total. The van der Waals surface area contributed by atoms with E-state index in [4.69, 9.17) is 5.73 Å². The standard InChI is InChI=1S/C23H36N4O6S/c1-4-14(2)19(24)22(31)27-18(13-28)21(30)25-16(10-11-34-3)20(29)26-17(23(32)33)12-15-8-6-5-7-9-15/h5-9,14,16-19,28H,4,10-13,24H2,1-3H3,(H,25,30)(H,26,29)(H,27,31)(H,32,33). The molecule has 34 heavy (non-hydrogen) atoms. The molecule has 190 valence electrons. The van der Waals surface area contributed by atoms with Gasteiger partial charge >= 0.3 is 5.97 Å². The van der Waals surface area contributed by atoms with E-state index >= 15 is 0 Å². The normalized spacial score (nSPS) is 15.3. The predicted molar refractivity (Wildman–Crippen MR) is 131 cm³/mol. The number of benzene rings is 1. The molecule has 1 aromatic rings. The molecule has 3 amide bonds. The van der Waals surface area contributed by atoms with Gasteiger partial charge in [0, 0.05) is 6.42 Å². The van der Waals surface area contributed by atoms with Gasteiger partial charge < -0.3 is 31.9 Å². The fourth-order valence-corrected chi connectivity index (χ4v) is 3.54. The zero-order chi connectivity index (χ0) is 25.7. The first kappa shape index (κ1) is 29.4. The molecule has 0 aliphatic heterocycles. The highest BCUT2D eigenvalue weighted by Gasteiger charge is 2.30. The van der Waals surface area contributed by atoms with Gasteiger partial charge in [-0.2, -0.15) is 11.8 Å². The van der Waals surface area contributed by atoms with Crippen LogP contribution in [0.2, 0.25) is 0 Å². The van der Waals surface area contributed by atoms with Crippen molar-refractivity contribution in [2.45, 2.75) is 57.3 Å². The summed E-state index contributed by atoms with van der Waals surface area (Å²) in [7, 11) is 0. The highest BCUT2D eigenvalue weighted by molar-refractivity contribution is 7.98. The first-order valence-corrected chi connectivity index (χ1v) is 12.6. The molecule has 0 bridgehead atoms. The third-order valence-corrected chi connectivity index (χ3v) is 6.16. The van der Waals surface area contributed by atoms with E-state index < -0.39 is 54.5 Å². The van der Waals surface area contributed by atoms with Crippen LogP contribution in [0.1, 0.15) is 32.3 Å². The molecule has 5 atom stereocenters. The quantitative estimate of drug-likeness (QED) is 0.195. The lowest BCUT2D eigenvalue weighted by Crippen LogP contribution is -2.58. The summed E-state index contributed by atoms with van der Waals surface area (Å²) in [6.45, 7) is 2.99. The number of thioether (sulfide) groups is 1. The Morgan fingerprint density at radius 1 is 0.971 bits per heavy atom. The van der Waals surface area contributed by atoms with Crippen molar-refractivity contribution in [3.05, 3.63) is 35.9 Å². The number of hydrogen-bond acceptors (Lipinski definition) is 7. The highest BCUT2D eigenvalue weighted by Crippen LogP contribution is 2.08. The van der Waals surface area contributed by atoms with Gasteiger partial charge in [0.2, 0.25) is 17.7 Å². The van der Waals surface area contributed by atoms with Crippen molar-refractivity contribution in [3.8, 4) is 0 Å². The fourth-order valence-electron chi connectivity index (χ4n) is 3.07. The third-order valence-electron chi connectivity index (χ3n) is 5.52. The van der Waals surface area contributed by atoms with Gasteiger partial charge in [0.1, 0.15) is 18.1 Å². The van der Waals surface area contributed by atoms with Crippen molar-refractivity contribution in [3.63, 3.8) is 0 Å². The Morgan fingerprint density at radius 3 is 2.06 bits per heavy atom. The van der Waals surface area contributed by atoms with Crippen LogP contribution in [0.25, 0.3) is 0 Å². The Kier molecular flexibility index (Phi) is 13.2. The van der Waals surface area contributed by atoms with Crippen molar-refractivity contribution in [1.29, 1.82) is 0 Å². The van der Waals surface area contributed by atoms with Gasteiger partial charge in [0.05, 0.1) is 12.6 Å². The second-order valence-corrected chi connectivity index (χ2v) is 9.07. The van der Waals surface area contributed by atoms with E-state index in [1.54, 1.807) is 37.3 Å². The number of carboxylic acid groups (broad SMARTS) is 1. The van der Waals surface area contributed by atoms with Crippen LogP contribution in [0.3, 0.4) is 0 Å². The summed E-state index contributed by atoms with van der Waals surface area (Å²) in [6.07, 6.45) is 2.80. The molecule has 11 heteroatoms. The lowest BCUT2D eigenvalue weighted by Gasteiger charge is -2.25. The Morgan fingerprint density at radius 2 is 1.53 bits per heavy atom. The van der Waals surface area contributed by atoms with Gasteiger partial charge in [-0.1, -0.05) is 50.6 Å². The Hall–Kier alpha value is -2.63. The summed E-state index contributed by atoms with van der Waals surface area (Å²) in [5.74, 6) is -2.81. The maximum Gasteiger partial charge on any atom is 0.326 e. The van der Waals surface area contributed by atoms with E-state index in [-0.39, 0.29) is 18.8 Å². The number of nitrogens with one attached hydrogen (secondary N) is 3. The Bertz CT molecular complexity index is 810. The van der Waals surface area contributed by atoms with E-state index in [9.17, 15) is 29.4 Å². The number of rotatable bonds is 15. The molecule has 0 aliphatic carbocycles. The number of aliphatic hydroxyl groups excluding tert-OH is 1. The number of carbonyl (C=O) groups excluding carboxylic acids is 3. The summed E-state index contributed by atoms with van der Waals surface area (Å²) in [6, 6.07) is 4.47. The van der Waals surface area contributed by atoms with E-state index in [1.165, 1.54) is 11.8 Å². The highest BCUT2D eigenvalue weighted by atomic mass is 32.2. The molecule has 0 saturated carbocycles. The molecular formula is C23H36N4O6S. The zero-order valence-corrected chi connectivity index (χ0v) is 20.6. The van der Waals surface area contributed by atoms with Gasteiger partial charge in [-0.25, -0.2) is 4.79 Å². The number of aliphatic hydroxyl groups is 1. The van der Waals surface area contributed by atoms with Crippen LogP contribution >= 0.6 is 11.8 Å². The van der Waals surface area contributed by atoms with Gasteiger partial charge in [0.15, 0.2) is 0 Å². The van der Waals surface area contributed by atoms with Gasteiger partial charge in [-0.05, 0) is 29.9 Å². The van der Waals surface area contributed by atoms with E-state index in [1.807, 2.05) is 13.2 Å². The summed E-state index contributed by atoms with van der Waals surface area (Å²) >= 11 is 1.45. The van der Waals surface area contributed by atoms with Gasteiger partial charge in [-0.15, -0.1) is 0 Å². The predicted octanol–water partition coefficient (Wildman–Crippen LogP) is -0.113. The van der Waals surface area contributed by atoms with Crippen molar-refractivity contribution < 1.29 is 29.4 Å². The monoisotopic (exact) mass is 496 g/mol. The van der Waals surface area contributed by atoms with Crippen molar-refractivity contribution in [2.24, 2.45) is 11.7 Å². The second kappa shape index (κ2) is 15.3. The molecule has 0 aromatic heterocycles. The summed E-state index contributed by atoms with van der Waals surface area (Å²) in [5.41, 5.74) is 6.62. The van der Waals surface area contributed by atoms with Gasteiger partial charge in [-0.3, -0.25) is 14.4 Å². The molecule has 0 fully saturated rings. The summed E-state index contributed by atoms with van der Waals surface area (Å²) in [5, 5.41) is 26.6. The number of carbonyl (C=O) groups is 4. The molecule has 0 radical (unpaired) electrons. The van der Waals surface area contributed by atoms with E-state index in [2.05, 4.69) is 16.0 Å². The molecule has 1 aromatic carbocycles. The average Bonchev–Trinajstić information content (AvgIpc) is 2.83. The first-order chi connectivity index (χ1) is 16.1. The first-order valence-electron chi connectivity index (χ1n) is 11.2. The second-order valence-electron chi connectivity index (χ2n) is 8.09. The number of aliphatic carboxylic acids is 1. The minimum Gasteiger partial charge on any atom is -0.480 e. The van der Waals surface area contributed by atoms with Crippen LogP contribution in [0.15, 0.2) is 30.3 Å². The smallest absolute Gasteiger partial charge is 0.326 e. The van der Waals surface area contributed by atoms with Crippen molar-refractivity contribution in [1.82, 2.24) is 16.0 Å². The van der Waals surface area contributed by atoms with E-state index in [0.717, 1.165) is 5.56 Å². The van der Waals surface area contributed by atoms with Crippen LogP contribution in [-0.2, 0) is 25.6 Å². The van der Waals surface area contributed by atoms with Crippen LogP contribution in [0.5, 0.6) is 0 Å². The minimum absolute atomic E-state index is 0.0773. The average molecular weight is 497 g/mol. The molecular weight excluding hydrogens is 460 g/mol. The zero-order valence-electron chi connectivity index (χ0n) is 19.8. The topological polar surface area (TPSA) is 171 Å². The van der Waals surface area contributed by atoms with Gasteiger partial charge in [0.25, 0.3) is 0 Å². The minimum atomic E-state index is -1.30. The Labute approximate surface area is 204 Å². The maximum absolute atomic E-state index is 12.9. The lowest BCUT2D eigenvalue weighted by molar-refractivity contribution is -0.142. The SMILES string of the molecule is CCC(C)C(N)C(=O)NC(CO)C(=O)NC(CCSC)C(=O)NC(Cc1ccccc1)C(=O)O. The molecule has 7 N–H and O–H groups in total. The Balaban J connectivity index is 2.88. The molecule has 0 saturated heterocycles. The fraction of sp³-hybridized carbons (Fsp3) is 0.565. The third kappa shape index (κ3) is 9.70. The maximum atomic E-state index is 12.9. The molecule has 0 aliphatic rings. The number of carboxylic acids is 1. The number of nitrogens with two attached hydrogens (primary N) is 1. The molecule has 0 heterocycles. The summed E-state index contributed by atoms with van der Waals surface area (Å²) in [4.78, 5) is 49.7. The van der Waals surface area contributed by atoms with E-state index in [0.29, 0.717) is 12.2 Å². The molecule has 1 rings (SSSR count). The van der Waals surface area contributed by atoms with Crippen LogP contribution in [0, 0.1) is 5.92 Å². The van der Waals surface area contributed by atoms with Crippen molar-refractivity contribution >= 4 is 35.5 Å². The molecule has 0 spiro atoms. The van der Waals surface area contributed by atoms with Crippen LogP contribution in [-0.4, -0.2) is 76.7 Å².